The van der Waals surface area contributed by atoms with E-state index in [9.17, 15) is 4.79 Å². The van der Waals surface area contributed by atoms with Gasteiger partial charge in [-0.05, 0) is 5.92 Å². The van der Waals surface area contributed by atoms with Crippen LogP contribution in [0.5, 0.6) is 0 Å². The molecule has 0 aliphatic carbocycles. The number of rotatable bonds is 4. The minimum atomic E-state index is 0.0136. The lowest BCUT2D eigenvalue weighted by molar-refractivity contribution is -0.129. The monoisotopic (exact) mass is 241 g/mol. The van der Waals surface area contributed by atoms with E-state index in [0.29, 0.717) is 12.6 Å². The highest BCUT2D eigenvalue weighted by atomic mass is 16.5. The van der Waals surface area contributed by atoms with Crippen LogP contribution in [0.1, 0.15) is 13.8 Å². The van der Waals surface area contributed by atoms with E-state index < -0.39 is 0 Å². The molecule has 17 heavy (non-hydrogen) atoms. The van der Waals surface area contributed by atoms with Gasteiger partial charge in [0.05, 0.1) is 25.9 Å². The molecule has 2 saturated heterocycles. The van der Waals surface area contributed by atoms with Crippen LogP contribution >= 0.6 is 0 Å². The van der Waals surface area contributed by atoms with Gasteiger partial charge in [-0.3, -0.25) is 15.0 Å². The first-order valence-electron chi connectivity index (χ1n) is 6.51. The standard InChI is InChI=1S/C12H23N3O2/c1-10(2)11-12(16)15(9-13-11)4-3-14-5-7-17-8-6-14/h10-11,13H,3-9H2,1-2H3. The molecule has 2 fully saturated rings. The third-order valence-electron chi connectivity index (χ3n) is 3.54. The Morgan fingerprint density at radius 3 is 2.65 bits per heavy atom. The molecule has 2 rings (SSSR count). The second-order valence-electron chi connectivity index (χ2n) is 5.14. The van der Waals surface area contributed by atoms with E-state index in [2.05, 4.69) is 24.1 Å². The molecule has 0 spiro atoms. The van der Waals surface area contributed by atoms with Crippen molar-refractivity contribution in [1.82, 2.24) is 15.1 Å². The second-order valence-corrected chi connectivity index (χ2v) is 5.14. The summed E-state index contributed by atoms with van der Waals surface area (Å²) in [5.41, 5.74) is 0. The van der Waals surface area contributed by atoms with Gasteiger partial charge in [-0.1, -0.05) is 13.8 Å². The average Bonchev–Trinajstić information content (AvgIpc) is 2.69. The van der Waals surface area contributed by atoms with Crippen molar-refractivity contribution < 1.29 is 9.53 Å². The third kappa shape index (κ3) is 3.18. The van der Waals surface area contributed by atoms with Gasteiger partial charge in [0.25, 0.3) is 0 Å². The zero-order chi connectivity index (χ0) is 12.3. The van der Waals surface area contributed by atoms with Gasteiger partial charge in [-0.15, -0.1) is 0 Å². The molecule has 0 aromatic heterocycles. The molecule has 2 aliphatic rings. The number of carbonyl (C=O) groups excluding carboxylic acids is 1. The minimum Gasteiger partial charge on any atom is -0.379 e. The number of hydrogen-bond acceptors (Lipinski definition) is 4. The fraction of sp³-hybridized carbons (Fsp3) is 0.917. The van der Waals surface area contributed by atoms with E-state index in [1.165, 1.54) is 0 Å². The molecule has 1 unspecified atom stereocenters. The summed E-state index contributed by atoms with van der Waals surface area (Å²) in [5.74, 6) is 0.629. The zero-order valence-corrected chi connectivity index (χ0v) is 10.8. The molecule has 0 bridgehead atoms. The second kappa shape index (κ2) is 5.80. The van der Waals surface area contributed by atoms with Crippen molar-refractivity contribution in [3.05, 3.63) is 0 Å². The summed E-state index contributed by atoms with van der Waals surface area (Å²) in [5, 5.41) is 3.28. The lowest BCUT2D eigenvalue weighted by Gasteiger charge is -2.28. The molecule has 1 amide bonds. The molecule has 0 saturated carbocycles. The number of nitrogens with one attached hydrogen (secondary N) is 1. The largest absolute Gasteiger partial charge is 0.379 e. The normalized spacial score (nSPS) is 27.1. The van der Waals surface area contributed by atoms with Crippen molar-refractivity contribution in [2.45, 2.75) is 19.9 Å². The number of amides is 1. The third-order valence-corrected chi connectivity index (χ3v) is 3.54. The predicted octanol–water partition coefficient (Wildman–Crippen LogP) is -0.267. The highest BCUT2D eigenvalue weighted by Crippen LogP contribution is 2.11. The van der Waals surface area contributed by atoms with Crippen molar-refractivity contribution in [2.75, 3.05) is 46.1 Å². The summed E-state index contributed by atoms with van der Waals surface area (Å²) in [7, 11) is 0. The van der Waals surface area contributed by atoms with Crippen LogP contribution in [0, 0.1) is 5.92 Å². The quantitative estimate of drug-likeness (QED) is 0.736. The van der Waals surface area contributed by atoms with E-state index in [1.54, 1.807) is 0 Å². The topological polar surface area (TPSA) is 44.8 Å². The van der Waals surface area contributed by atoms with Crippen LogP contribution in [0.15, 0.2) is 0 Å². The predicted molar refractivity (Wildman–Crippen MR) is 65.6 cm³/mol. The van der Waals surface area contributed by atoms with Crippen LogP contribution in [0.25, 0.3) is 0 Å². The van der Waals surface area contributed by atoms with Gasteiger partial charge >= 0.3 is 0 Å². The van der Waals surface area contributed by atoms with Crippen molar-refractivity contribution in [1.29, 1.82) is 0 Å². The van der Waals surface area contributed by atoms with Crippen LogP contribution in [0.4, 0.5) is 0 Å². The summed E-state index contributed by atoms with van der Waals surface area (Å²) < 4.78 is 5.31. The molecule has 1 N–H and O–H groups in total. The molecule has 2 heterocycles. The van der Waals surface area contributed by atoms with E-state index >= 15 is 0 Å². The highest BCUT2D eigenvalue weighted by molar-refractivity contribution is 5.84. The maximum absolute atomic E-state index is 12.0. The van der Waals surface area contributed by atoms with E-state index in [4.69, 9.17) is 4.74 Å². The molecular weight excluding hydrogens is 218 g/mol. The molecule has 0 radical (unpaired) electrons. The van der Waals surface area contributed by atoms with Gasteiger partial charge in [0.2, 0.25) is 5.91 Å². The molecule has 2 aliphatic heterocycles. The van der Waals surface area contributed by atoms with E-state index in [-0.39, 0.29) is 11.9 Å². The lowest BCUT2D eigenvalue weighted by atomic mass is 10.1. The lowest BCUT2D eigenvalue weighted by Crippen LogP contribution is -2.42. The number of ether oxygens (including phenoxy) is 1. The molecule has 0 aromatic carbocycles. The molecular formula is C12H23N3O2. The van der Waals surface area contributed by atoms with Crippen LogP contribution in [-0.4, -0.2) is 67.8 Å². The Balaban J connectivity index is 1.74. The van der Waals surface area contributed by atoms with Crippen molar-refractivity contribution in [2.24, 2.45) is 5.92 Å². The van der Waals surface area contributed by atoms with E-state index in [0.717, 1.165) is 39.4 Å². The van der Waals surface area contributed by atoms with Gasteiger partial charge in [0, 0.05) is 26.2 Å². The Morgan fingerprint density at radius 1 is 1.35 bits per heavy atom. The number of hydrogen-bond donors (Lipinski definition) is 1. The Bertz CT molecular complexity index is 264. The van der Waals surface area contributed by atoms with Crippen LogP contribution in [-0.2, 0) is 9.53 Å². The Labute approximate surface area is 103 Å². The Morgan fingerprint density at radius 2 is 2.06 bits per heavy atom. The molecule has 0 aromatic rings. The summed E-state index contributed by atoms with van der Waals surface area (Å²) in [4.78, 5) is 16.3. The molecule has 1 atom stereocenters. The fourth-order valence-corrected chi connectivity index (χ4v) is 2.37. The van der Waals surface area contributed by atoms with Gasteiger partial charge in [-0.2, -0.15) is 0 Å². The van der Waals surface area contributed by atoms with E-state index in [1.807, 2.05) is 4.90 Å². The first kappa shape index (κ1) is 12.8. The van der Waals surface area contributed by atoms with Gasteiger partial charge < -0.3 is 9.64 Å². The van der Waals surface area contributed by atoms with Crippen molar-refractivity contribution >= 4 is 5.91 Å². The van der Waals surface area contributed by atoms with Crippen molar-refractivity contribution in [3.8, 4) is 0 Å². The SMILES string of the molecule is CC(C)C1NCN(CCN2CCOCC2)C1=O. The van der Waals surface area contributed by atoms with Gasteiger partial charge in [0.1, 0.15) is 0 Å². The zero-order valence-electron chi connectivity index (χ0n) is 10.8. The Hall–Kier alpha value is -0.650. The molecule has 98 valence electrons. The minimum absolute atomic E-state index is 0.0136. The fourth-order valence-electron chi connectivity index (χ4n) is 2.37. The molecule has 5 nitrogen and oxygen atoms in total. The molecule has 5 heteroatoms. The number of nitrogens with zero attached hydrogens (tertiary/aromatic N) is 2. The summed E-state index contributed by atoms with van der Waals surface area (Å²) in [6.07, 6.45) is 0. The average molecular weight is 241 g/mol. The van der Waals surface area contributed by atoms with Gasteiger partial charge in [-0.25, -0.2) is 0 Å². The van der Waals surface area contributed by atoms with Crippen LogP contribution in [0.2, 0.25) is 0 Å². The maximum Gasteiger partial charge on any atom is 0.241 e. The smallest absolute Gasteiger partial charge is 0.241 e. The number of morpholine rings is 1. The summed E-state index contributed by atoms with van der Waals surface area (Å²) >= 11 is 0. The van der Waals surface area contributed by atoms with Crippen LogP contribution in [0.3, 0.4) is 0 Å². The summed E-state index contributed by atoms with van der Waals surface area (Å²) in [6, 6.07) is 0.0136. The first-order chi connectivity index (χ1) is 8.18. The van der Waals surface area contributed by atoms with Gasteiger partial charge in [0.15, 0.2) is 0 Å². The first-order valence-corrected chi connectivity index (χ1v) is 6.51. The highest BCUT2D eigenvalue weighted by Gasteiger charge is 2.32. The maximum atomic E-state index is 12.0. The number of carbonyl (C=O) groups is 1. The summed E-state index contributed by atoms with van der Waals surface area (Å²) in [6.45, 7) is 10.3. The van der Waals surface area contributed by atoms with Crippen LogP contribution < -0.4 is 5.32 Å². The Kier molecular flexibility index (Phi) is 4.36. The van der Waals surface area contributed by atoms with Crippen molar-refractivity contribution in [3.63, 3.8) is 0 Å².